The SMILES string of the molecule is COCCN(CCn1cc(N)cn1)C(C)C1CC1. The van der Waals surface area contributed by atoms with Gasteiger partial charge in [-0.2, -0.15) is 5.10 Å². The molecule has 1 heterocycles. The van der Waals surface area contributed by atoms with Gasteiger partial charge in [-0.15, -0.1) is 0 Å². The molecule has 1 aromatic rings. The van der Waals surface area contributed by atoms with Gasteiger partial charge in [-0.05, 0) is 25.7 Å². The Hall–Kier alpha value is -1.07. The summed E-state index contributed by atoms with van der Waals surface area (Å²) in [5.41, 5.74) is 6.40. The van der Waals surface area contributed by atoms with Crippen LogP contribution in [0, 0.1) is 5.92 Å². The standard InChI is InChI=1S/C13H24N4O/c1-11(12-3-4-12)16(7-8-18-2)5-6-17-10-13(14)9-15-17/h9-12H,3-8,14H2,1-2H3. The Morgan fingerprint density at radius 3 is 2.89 bits per heavy atom. The van der Waals surface area contributed by atoms with E-state index in [4.69, 9.17) is 10.5 Å². The number of aromatic nitrogens is 2. The Balaban J connectivity index is 1.83. The fraction of sp³-hybridized carbons (Fsp3) is 0.769. The number of ether oxygens (including phenoxy) is 1. The summed E-state index contributed by atoms with van der Waals surface area (Å²) in [5, 5.41) is 4.22. The molecule has 0 radical (unpaired) electrons. The molecule has 1 aliphatic carbocycles. The van der Waals surface area contributed by atoms with Crippen LogP contribution in [0.15, 0.2) is 12.4 Å². The molecule has 2 N–H and O–H groups in total. The van der Waals surface area contributed by atoms with Crippen molar-refractivity contribution in [2.24, 2.45) is 5.92 Å². The van der Waals surface area contributed by atoms with Gasteiger partial charge in [0.05, 0.1) is 25.0 Å². The van der Waals surface area contributed by atoms with Crippen molar-refractivity contribution < 1.29 is 4.74 Å². The van der Waals surface area contributed by atoms with Crippen LogP contribution in [0.2, 0.25) is 0 Å². The molecule has 0 spiro atoms. The van der Waals surface area contributed by atoms with E-state index in [0.29, 0.717) is 6.04 Å². The zero-order chi connectivity index (χ0) is 13.0. The summed E-state index contributed by atoms with van der Waals surface area (Å²) in [6.45, 7) is 5.99. The minimum atomic E-state index is 0.646. The largest absolute Gasteiger partial charge is 0.396 e. The first-order valence-electron chi connectivity index (χ1n) is 6.71. The van der Waals surface area contributed by atoms with Crippen LogP contribution in [0.25, 0.3) is 0 Å². The zero-order valence-corrected chi connectivity index (χ0v) is 11.4. The lowest BCUT2D eigenvalue weighted by Gasteiger charge is -2.28. The van der Waals surface area contributed by atoms with Gasteiger partial charge in [0.1, 0.15) is 0 Å². The molecule has 18 heavy (non-hydrogen) atoms. The minimum Gasteiger partial charge on any atom is -0.396 e. The smallest absolute Gasteiger partial charge is 0.0719 e. The number of hydrogen-bond acceptors (Lipinski definition) is 4. The highest BCUT2D eigenvalue weighted by molar-refractivity contribution is 5.30. The molecule has 5 heteroatoms. The lowest BCUT2D eigenvalue weighted by atomic mass is 10.2. The van der Waals surface area contributed by atoms with Gasteiger partial charge in [0, 0.05) is 32.4 Å². The van der Waals surface area contributed by atoms with Crippen molar-refractivity contribution in [3.8, 4) is 0 Å². The number of rotatable bonds is 8. The molecule has 1 aromatic heterocycles. The molecular weight excluding hydrogens is 228 g/mol. The number of hydrogen-bond donors (Lipinski definition) is 1. The quantitative estimate of drug-likeness (QED) is 0.755. The molecule has 0 amide bonds. The summed E-state index contributed by atoms with van der Waals surface area (Å²) >= 11 is 0. The van der Waals surface area contributed by atoms with Gasteiger partial charge >= 0.3 is 0 Å². The van der Waals surface area contributed by atoms with E-state index in [1.165, 1.54) is 12.8 Å². The highest BCUT2D eigenvalue weighted by atomic mass is 16.5. The summed E-state index contributed by atoms with van der Waals surface area (Å²) < 4.78 is 7.11. The van der Waals surface area contributed by atoms with Crippen molar-refractivity contribution in [2.75, 3.05) is 32.5 Å². The van der Waals surface area contributed by atoms with Crippen LogP contribution in [-0.4, -0.2) is 47.5 Å². The fourth-order valence-electron chi connectivity index (χ4n) is 2.34. The van der Waals surface area contributed by atoms with Crippen molar-refractivity contribution in [1.82, 2.24) is 14.7 Å². The van der Waals surface area contributed by atoms with Crippen LogP contribution in [0.1, 0.15) is 19.8 Å². The summed E-state index contributed by atoms with van der Waals surface area (Å²) in [7, 11) is 1.76. The third kappa shape index (κ3) is 3.71. The Morgan fingerprint density at radius 2 is 2.33 bits per heavy atom. The third-order valence-corrected chi connectivity index (χ3v) is 3.73. The minimum absolute atomic E-state index is 0.646. The second-order valence-electron chi connectivity index (χ2n) is 5.14. The number of anilines is 1. The van der Waals surface area contributed by atoms with E-state index in [9.17, 15) is 0 Å². The van der Waals surface area contributed by atoms with Crippen molar-refractivity contribution in [2.45, 2.75) is 32.4 Å². The van der Waals surface area contributed by atoms with Crippen LogP contribution in [0.3, 0.4) is 0 Å². The summed E-state index contributed by atoms with van der Waals surface area (Å²) in [5.74, 6) is 0.879. The maximum atomic E-state index is 5.67. The molecule has 5 nitrogen and oxygen atoms in total. The number of nitrogen functional groups attached to an aromatic ring is 1. The van der Waals surface area contributed by atoms with Gasteiger partial charge in [0.15, 0.2) is 0 Å². The first-order chi connectivity index (χ1) is 8.70. The molecular formula is C13H24N4O. The lowest BCUT2D eigenvalue weighted by molar-refractivity contribution is 0.113. The Morgan fingerprint density at radius 1 is 1.56 bits per heavy atom. The van der Waals surface area contributed by atoms with E-state index in [0.717, 1.165) is 37.8 Å². The number of nitrogens with two attached hydrogens (primary N) is 1. The van der Waals surface area contributed by atoms with Crippen molar-refractivity contribution >= 4 is 5.69 Å². The van der Waals surface area contributed by atoms with E-state index < -0.39 is 0 Å². The molecule has 1 atom stereocenters. The molecule has 1 saturated carbocycles. The lowest BCUT2D eigenvalue weighted by Crippen LogP contribution is -2.39. The van der Waals surface area contributed by atoms with Crippen LogP contribution in [-0.2, 0) is 11.3 Å². The maximum absolute atomic E-state index is 5.67. The number of methoxy groups -OCH3 is 1. The molecule has 102 valence electrons. The molecule has 2 rings (SSSR count). The first-order valence-corrected chi connectivity index (χ1v) is 6.71. The average molecular weight is 252 g/mol. The second-order valence-corrected chi connectivity index (χ2v) is 5.14. The predicted octanol–water partition coefficient (Wildman–Crippen LogP) is 1.21. The van der Waals surface area contributed by atoms with Gasteiger partial charge in [0.2, 0.25) is 0 Å². The Labute approximate surface area is 109 Å². The van der Waals surface area contributed by atoms with Crippen LogP contribution in [0.5, 0.6) is 0 Å². The van der Waals surface area contributed by atoms with Gasteiger partial charge < -0.3 is 10.5 Å². The average Bonchev–Trinajstić information content (AvgIpc) is 3.13. The first kappa shape index (κ1) is 13.4. The highest BCUT2D eigenvalue weighted by Crippen LogP contribution is 2.35. The fourth-order valence-corrected chi connectivity index (χ4v) is 2.34. The Bertz CT molecular complexity index is 362. The molecule has 0 aliphatic heterocycles. The van der Waals surface area contributed by atoms with Gasteiger partial charge in [-0.25, -0.2) is 0 Å². The van der Waals surface area contributed by atoms with E-state index in [-0.39, 0.29) is 0 Å². The van der Waals surface area contributed by atoms with Gasteiger partial charge in [-0.1, -0.05) is 0 Å². The highest BCUT2D eigenvalue weighted by Gasteiger charge is 2.31. The predicted molar refractivity (Wildman–Crippen MR) is 72.3 cm³/mol. The molecule has 1 fully saturated rings. The van der Waals surface area contributed by atoms with E-state index in [1.54, 1.807) is 13.3 Å². The van der Waals surface area contributed by atoms with Crippen LogP contribution >= 0.6 is 0 Å². The van der Waals surface area contributed by atoms with E-state index >= 15 is 0 Å². The number of nitrogens with zero attached hydrogens (tertiary/aromatic N) is 3. The normalized spacial score (nSPS) is 17.3. The van der Waals surface area contributed by atoms with Gasteiger partial charge in [0.25, 0.3) is 0 Å². The zero-order valence-electron chi connectivity index (χ0n) is 11.4. The maximum Gasteiger partial charge on any atom is 0.0719 e. The third-order valence-electron chi connectivity index (χ3n) is 3.73. The van der Waals surface area contributed by atoms with Crippen LogP contribution in [0.4, 0.5) is 5.69 Å². The molecule has 1 aliphatic rings. The van der Waals surface area contributed by atoms with Crippen molar-refractivity contribution in [3.63, 3.8) is 0 Å². The van der Waals surface area contributed by atoms with Crippen LogP contribution < -0.4 is 5.73 Å². The molecule has 1 unspecified atom stereocenters. The Kier molecular flexibility index (Phi) is 4.60. The molecule has 0 aromatic carbocycles. The monoisotopic (exact) mass is 252 g/mol. The van der Waals surface area contributed by atoms with E-state index in [2.05, 4.69) is 16.9 Å². The molecule has 0 saturated heterocycles. The second kappa shape index (κ2) is 6.20. The van der Waals surface area contributed by atoms with E-state index in [1.807, 2.05) is 10.9 Å². The molecule has 0 bridgehead atoms. The van der Waals surface area contributed by atoms with Crippen molar-refractivity contribution in [3.05, 3.63) is 12.4 Å². The van der Waals surface area contributed by atoms with Gasteiger partial charge in [-0.3, -0.25) is 9.58 Å². The summed E-state index contributed by atoms with van der Waals surface area (Å²) in [6.07, 6.45) is 6.33. The summed E-state index contributed by atoms with van der Waals surface area (Å²) in [4.78, 5) is 2.50. The van der Waals surface area contributed by atoms with Crippen molar-refractivity contribution in [1.29, 1.82) is 0 Å². The summed E-state index contributed by atoms with van der Waals surface area (Å²) in [6, 6.07) is 0.646. The topological polar surface area (TPSA) is 56.3 Å².